The Balaban J connectivity index is 1.60. The Morgan fingerprint density at radius 1 is 0.857 bits per heavy atom. The molecule has 0 aliphatic carbocycles. The van der Waals surface area contributed by atoms with Crippen molar-refractivity contribution < 1.29 is 32.0 Å². The lowest BCUT2D eigenvalue weighted by Gasteiger charge is -2.24. The third-order valence-corrected chi connectivity index (χ3v) is 6.97. The van der Waals surface area contributed by atoms with E-state index in [0.29, 0.717) is 22.8 Å². The van der Waals surface area contributed by atoms with Crippen molar-refractivity contribution in [2.75, 3.05) is 6.61 Å². The van der Waals surface area contributed by atoms with E-state index >= 15 is 0 Å². The number of alkyl halides is 3. The van der Waals surface area contributed by atoms with E-state index in [1.807, 2.05) is 0 Å². The van der Waals surface area contributed by atoms with Gasteiger partial charge in [-0.25, -0.2) is 4.79 Å². The summed E-state index contributed by atoms with van der Waals surface area (Å²) in [6, 6.07) is 11.9. The summed E-state index contributed by atoms with van der Waals surface area (Å²) in [6.45, 7) is 3.22. The van der Waals surface area contributed by atoms with E-state index in [1.165, 1.54) is 63.1 Å². The maximum absolute atomic E-state index is 13.6. The van der Waals surface area contributed by atoms with Crippen molar-refractivity contribution in [2.45, 2.75) is 97.3 Å². The Morgan fingerprint density at radius 2 is 1.50 bits per heavy atom. The highest BCUT2D eigenvalue weighted by Gasteiger charge is 2.34. The lowest BCUT2D eigenvalue weighted by Crippen LogP contribution is -2.37. The number of carbonyl (C=O) groups is 2. The first-order valence-electron chi connectivity index (χ1n) is 14.8. The van der Waals surface area contributed by atoms with E-state index in [-0.39, 0.29) is 18.7 Å². The molecule has 3 aromatic rings. The SMILES string of the molecule is CCCCCCCCCCCc1noc(-c2ccc(CN(Cc3ccccc3C(F)(F)F)C(=O)C(=O)OCC)cc2)n1. The van der Waals surface area contributed by atoms with Gasteiger partial charge in [0.2, 0.25) is 0 Å². The smallest absolute Gasteiger partial charge is 0.416 e. The van der Waals surface area contributed by atoms with Crippen LogP contribution < -0.4 is 0 Å². The number of unbranched alkanes of at least 4 members (excludes halogenated alkanes) is 8. The Morgan fingerprint density at radius 3 is 2.14 bits per heavy atom. The van der Waals surface area contributed by atoms with Crippen LogP contribution in [0.3, 0.4) is 0 Å². The first-order chi connectivity index (χ1) is 20.2. The molecule has 1 amide bonds. The minimum Gasteiger partial charge on any atom is -0.459 e. The number of hydrogen-bond donors (Lipinski definition) is 0. The average molecular weight is 588 g/mol. The summed E-state index contributed by atoms with van der Waals surface area (Å²) in [4.78, 5) is 30.6. The molecule has 3 rings (SSSR count). The van der Waals surface area contributed by atoms with Crippen LogP contribution in [-0.4, -0.2) is 33.5 Å². The minimum atomic E-state index is -4.60. The molecule has 0 radical (unpaired) electrons. The third kappa shape index (κ3) is 10.3. The predicted octanol–water partition coefficient (Wildman–Crippen LogP) is 7.92. The molecular formula is C32H40F3N3O4. The molecule has 7 nitrogen and oxygen atoms in total. The summed E-state index contributed by atoms with van der Waals surface area (Å²) in [5, 5.41) is 4.08. The topological polar surface area (TPSA) is 85.5 Å². The maximum atomic E-state index is 13.6. The number of amides is 1. The highest BCUT2D eigenvalue weighted by molar-refractivity contribution is 6.32. The van der Waals surface area contributed by atoms with E-state index in [0.717, 1.165) is 30.2 Å². The van der Waals surface area contributed by atoms with Gasteiger partial charge in [-0.05, 0) is 42.7 Å². The van der Waals surface area contributed by atoms with Gasteiger partial charge in [0.15, 0.2) is 5.82 Å². The van der Waals surface area contributed by atoms with Gasteiger partial charge in [0.05, 0.1) is 12.2 Å². The van der Waals surface area contributed by atoms with Gasteiger partial charge in [-0.2, -0.15) is 18.2 Å². The summed E-state index contributed by atoms with van der Waals surface area (Å²) in [5.41, 5.74) is 0.298. The number of aromatic nitrogens is 2. The second-order valence-electron chi connectivity index (χ2n) is 10.3. The fourth-order valence-corrected chi connectivity index (χ4v) is 4.70. The highest BCUT2D eigenvalue weighted by atomic mass is 19.4. The van der Waals surface area contributed by atoms with Crippen LogP contribution in [0.5, 0.6) is 0 Å². The van der Waals surface area contributed by atoms with Crippen molar-refractivity contribution in [3.8, 4) is 11.5 Å². The number of rotatable bonds is 16. The Hall–Kier alpha value is -3.69. The number of ether oxygens (including phenoxy) is 1. The number of aryl methyl sites for hydroxylation is 1. The zero-order valence-electron chi connectivity index (χ0n) is 24.4. The van der Waals surface area contributed by atoms with Crippen molar-refractivity contribution in [1.82, 2.24) is 15.0 Å². The second-order valence-corrected chi connectivity index (χ2v) is 10.3. The van der Waals surface area contributed by atoms with Crippen LogP contribution in [0, 0.1) is 0 Å². The Bertz CT molecular complexity index is 1260. The zero-order valence-corrected chi connectivity index (χ0v) is 24.4. The van der Waals surface area contributed by atoms with E-state index in [9.17, 15) is 22.8 Å². The number of carbonyl (C=O) groups excluding carboxylic acids is 2. The quantitative estimate of drug-likeness (QED) is 0.0962. The molecule has 0 bridgehead atoms. The molecule has 0 spiro atoms. The molecule has 0 saturated heterocycles. The van der Waals surface area contributed by atoms with E-state index in [4.69, 9.17) is 9.26 Å². The van der Waals surface area contributed by atoms with Crippen molar-refractivity contribution in [3.05, 3.63) is 71.0 Å². The van der Waals surface area contributed by atoms with Gasteiger partial charge in [-0.15, -0.1) is 0 Å². The van der Waals surface area contributed by atoms with Gasteiger partial charge >= 0.3 is 18.1 Å². The number of halogens is 3. The van der Waals surface area contributed by atoms with Crippen LogP contribution in [-0.2, 0) is 40.0 Å². The van der Waals surface area contributed by atoms with Gasteiger partial charge in [0, 0.05) is 25.1 Å². The molecular weight excluding hydrogens is 547 g/mol. The third-order valence-electron chi connectivity index (χ3n) is 6.97. The van der Waals surface area contributed by atoms with Crippen molar-refractivity contribution in [3.63, 3.8) is 0 Å². The molecule has 0 aliphatic rings. The highest BCUT2D eigenvalue weighted by Crippen LogP contribution is 2.32. The summed E-state index contributed by atoms with van der Waals surface area (Å²) >= 11 is 0. The zero-order chi connectivity index (χ0) is 30.4. The van der Waals surface area contributed by atoms with Crippen LogP contribution in [0.25, 0.3) is 11.5 Å². The van der Waals surface area contributed by atoms with Gasteiger partial charge in [-0.3, -0.25) is 4.79 Å². The fourth-order valence-electron chi connectivity index (χ4n) is 4.70. The number of hydrogen-bond acceptors (Lipinski definition) is 6. The lowest BCUT2D eigenvalue weighted by atomic mass is 10.1. The molecule has 0 atom stereocenters. The second kappa shape index (κ2) is 16.7. The number of nitrogens with zero attached hydrogens (tertiary/aromatic N) is 3. The molecule has 42 heavy (non-hydrogen) atoms. The molecule has 1 heterocycles. The largest absolute Gasteiger partial charge is 0.459 e. The first-order valence-corrected chi connectivity index (χ1v) is 14.8. The Labute approximate surface area is 245 Å². The van der Waals surface area contributed by atoms with Gasteiger partial charge in [0.1, 0.15) is 0 Å². The summed E-state index contributed by atoms with van der Waals surface area (Å²) in [6.07, 6.45) is 7.22. The van der Waals surface area contributed by atoms with Crippen LogP contribution in [0.4, 0.5) is 13.2 Å². The van der Waals surface area contributed by atoms with E-state index in [1.54, 1.807) is 31.2 Å². The standard InChI is InChI=1S/C32H40F3N3O4/c1-3-5-6-7-8-9-10-11-12-17-28-36-29(42-37-28)25-20-18-24(19-21-25)22-38(30(39)31(40)41-4-2)23-26-15-13-14-16-27(26)32(33,34)35/h13-16,18-21H,3-12,17,22-23H2,1-2H3. The normalized spacial score (nSPS) is 11.5. The van der Waals surface area contributed by atoms with Gasteiger partial charge < -0.3 is 14.2 Å². The fraction of sp³-hybridized carbons (Fsp3) is 0.500. The molecule has 228 valence electrons. The van der Waals surface area contributed by atoms with Gasteiger partial charge in [0.25, 0.3) is 5.89 Å². The van der Waals surface area contributed by atoms with Gasteiger partial charge in [-0.1, -0.05) is 93.8 Å². The first kappa shape index (κ1) is 32.8. The maximum Gasteiger partial charge on any atom is 0.416 e. The lowest BCUT2D eigenvalue weighted by molar-refractivity contribution is -0.160. The molecule has 0 unspecified atom stereocenters. The number of esters is 1. The summed E-state index contributed by atoms with van der Waals surface area (Å²) < 4.78 is 50.9. The van der Waals surface area contributed by atoms with Crippen LogP contribution in [0.15, 0.2) is 53.1 Å². The van der Waals surface area contributed by atoms with Crippen molar-refractivity contribution in [2.24, 2.45) is 0 Å². The Kier molecular flexibility index (Phi) is 13.0. The van der Waals surface area contributed by atoms with Crippen LogP contribution in [0.1, 0.15) is 94.1 Å². The van der Waals surface area contributed by atoms with Crippen molar-refractivity contribution >= 4 is 11.9 Å². The molecule has 0 aliphatic heterocycles. The molecule has 2 aromatic carbocycles. The molecule has 1 aromatic heterocycles. The number of benzene rings is 2. The predicted molar refractivity (Wildman–Crippen MR) is 153 cm³/mol. The summed E-state index contributed by atoms with van der Waals surface area (Å²) in [7, 11) is 0. The molecule has 10 heteroatoms. The monoisotopic (exact) mass is 587 g/mol. The van der Waals surface area contributed by atoms with Crippen molar-refractivity contribution in [1.29, 1.82) is 0 Å². The molecule has 0 N–H and O–H groups in total. The molecule has 0 fully saturated rings. The molecule has 0 saturated carbocycles. The van der Waals surface area contributed by atoms with Crippen LogP contribution in [0.2, 0.25) is 0 Å². The average Bonchev–Trinajstić information content (AvgIpc) is 3.45. The van der Waals surface area contributed by atoms with Crippen LogP contribution >= 0.6 is 0 Å². The van der Waals surface area contributed by atoms with E-state index in [2.05, 4.69) is 17.1 Å². The van der Waals surface area contributed by atoms with E-state index < -0.39 is 30.2 Å². The minimum absolute atomic E-state index is 0.0302. The summed E-state index contributed by atoms with van der Waals surface area (Å²) in [5.74, 6) is -1.13.